The molecule has 1 aromatic rings. The molecule has 0 heterocycles. The number of halogens is 4. The van der Waals surface area contributed by atoms with Gasteiger partial charge in [0.2, 0.25) is 0 Å². The molecule has 0 bridgehead atoms. The van der Waals surface area contributed by atoms with E-state index in [1.807, 2.05) is 0 Å². The molecule has 4 heteroatoms. The van der Waals surface area contributed by atoms with Crippen molar-refractivity contribution in [1.29, 1.82) is 0 Å². The second kappa shape index (κ2) is 4.28. The number of hydrogen-bond donors (Lipinski definition) is 0. The zero-order chi connectivity index (χ0) is 11.8. The van der Waals surface area contributed by atoms with Crippen LogP contribution in [-0.4, -0.2) is 0 Å². The summed E-state index contributed by atoms with van der Waals surface area (Å²) in [7, 11) is 0. The predicted molar refractivity (Wildman–Crippen MR) is 57.6 cm³/mol. The van der Waals surface area contributed by atoms with Gasteiger partial charge in [0.1, 0.15) is 0 Å². The van der Waals surface area contributed by atoms with Gasteiger partial charge in [-0.15, -0.1) is 11.6 Å². The average Bonchev–Trinajstić information content (AvgIpc) is 2.13. The van der Waals surface area contributed by atoms with Crippen molar-refractivity contribution in [1.82, 2.24) is 0 Å². The molecule has 0 spiro atoms. The normalized spacial score (nSPS) is 17.2. The second-order valence-electron chi connectivity index (χ2n) is 4.18. The van der Waals surface area contributed by atoms with Crippen LogP contribution in [0, 0.1) is 0 Å². The molecule has 1 aliphatic rings. The quantitative estimate of drug-likeness (QED) is 0.665. The van der Waals surface area contributed by atoms with Crippen molar-refractivity contribution in [3.63, 3.8) is 0 Å². The summed E-state index contributed by atoms with van der Waals surface area (Å²) in [6, 6.07) is 4.23. The van der Waals surface area contributed by atoms with Crippen LogP contribution in [0.1, 0.15) is 41.9 Å². The lowest BCUT2D eigenvalue weighted by atomic mass is 9.77. The van der Waals surface area contributed by atoms with Gasteiger partial charge in [0, 0.05) is 5.88 Å². The van der Waals surface area contributed by atoms with Gasteiger partial charge in [-0.1, -0.05) is 18.6 Å². The molecular weight excluding hydrogens is 237 g/mol. The summed E-state index contributed by atoms with van der Waals surface area (Å²) >= 11 is 5.65. The van der Waals surface area contributed by atoms with Gasteiger partial charge in [0.05, 0.1) is 5.56 Å². The molecule has 0 N–H and O–H groups in total. The highest BCUT2D eigenvalue weighted by Crippen LogP contribution is 2.43. The first-order valence-electron chi connectivity index (χ1n) is 5.28. The molecule has 1 fully saturated rings. The third kappa shape index (κ3) is 2.19. The van der Waals surface area contributed by atoms with Crippen LogP contribution < -0.4 is 0 Å². The molecule has 1 aromatic carbocycles. The van der Waals surface area contributed by atoms with E-state index in [1.54, 1.807) is 6.07 Å². The summed E-state index contributed by atoms with van der Waals surface area (Å²) in [5.41, 5.74) is 0.694. The second-order valence-corrected chi connectivity index (χ2v) is 4.45. The topological polar surface area (TPSA) is 0 Å². The van der Waals surface area contributed by atoms with Gasteiger partial charge in [0.25, 0.3) is 0 Å². The molecule has 0 aliphatic heterocycles. The van der Waals surface area contributed by atoms with Gasteiger partial charge in [-0.05, 0) is 36.0 Å². The Morgan fingerprint density at radius 2 is 1.94 bits per heavy atom. The first-order chi connectivity index (χ1) is 7.52. The largest absolute Gasteiger partial charge is 0.416 e. The van der Waals surface area contributed by atoms with Gasteiger partial charge in [-0.3, -0.25) is 0 Å². The van der Waals surface area contributed by atoms with Gasteiger partial charge in [-0.25, -0.2) is 0 Å². The van der Waals surface area contributed by atoms with E-state index >= 15 is 0 Å². The van der Waals surface area contributed by atoms with Crippen LogP contribution in [0.5, 0.6) is 0 Å². The van der Waals surface area contributed by atoms with E-state index in [2.05, 4.69) is 0 Å². The summed E-state index contributed by atoms with van der Waals surface area (Å²) in [5, 5.41) is 0. The first-order valence-corrected chi connectivity index (χ1v) is 5.82. The molecule has 0 saturated heterocycles. The molecule has 0 nitrogen and oxygen atoms in total. The molecule has 1 saturated carbocycles. The van der Waals surface area contributed by atoms with E-state index in [-0.39, 0.29) is 11.8 Å². The lowest BCUT2D eigenvalue weighted by Gasteiger charge is -2.29. The van der Waals surface area contributed by atoms with Gasteiger partial charge in [-0.2, -0.15) is 13.2 Å². The van der Waals surface area contributed by atoms with Crippen molar-refractivity contribution < 1.29 is 13.2 Å². The van der Waals surface area contributed by atoms with Crippen molar-refractivity contribution in [3.05, 3.63) is 34.9 Å². The Bertz CT molecular complexity index is 380. The molecule has 0 aromatic heterocycles. The van der Waals surface area contributed by atoms with Crippen molar-refractivity contribution in [2.75, 3.05) is 0 Å². The predicted octanol–water partition coefficient (Wildman–Crippen LogP) is 4.71. The van der Waals surface area contributed by atoms with Crippen molar-refractivity contribution in [2.45, 2.75) is 37.2 Å². The molecule has 2 rings (SSSR count). The molecule has 16 heavy (non-hydrogen) atoms. The smallest absolute Gasteiger partial charge is 0.166 e. The minimum atomic E-state index is -4.25. The van der Waals surface area contributed by atoms with Crippen LogP contribution in [-0.2, 0) is 12.1 Å². The van der Waals surface area contributed by atoms with Crippen LogP contribution in [0.25, 0.3) is 0 Å². The maximum absolute atomic E-state index is 12.8. The number of benzene rings is 1. The fourth-order valence-electron chi connectivity index (χ4n) is 2.01. The van der Waals surface area contributed by atoms with Gasteiger partial charge in [0.15, 0.2) is 0 Å². The average molecular weight is 249 g/mol. The SMILES string of the molecule is FC(F)(F)c1ccc(CCl)cc1C1CCC1. The first kappa shape index (κ1) is 11.8. The fraction of sp³-hybridized carbons (Fsp3) is 0.500. The van der Waals surface area contributed by atoms with E-state index in [1.165, 1.54) is 6.07 Å². The number of rotatable bonds is 2. The Hall–Kier alpha value is -0.700. The van der Waals surface area contributed by atoms with E-state index in [0.29, 0.717) is 5.56 Å². The van der Waals surface area contributed by atoms with E-state index < -0.39 is 11.7 Å². The highest BCUT2D eigenvalue weighted by molar-refractivity contribution is 6.17. The monoisotopic (exact) mass is 248 g/mol. The molecule has 0 unspecified atom stereocenters. The molecule has 88 valence electrons. The highest BCUT2D eigenvalue weighted by Gasteiger charge is 2.36. The molecule has 0 amide bonds. The van der Waals surface area contributed by atoms with Crippen molar-refractivity contribution in [2.24, 2.45) is 0 Å². The standard InChI is InChI=1S/C12H12ClF3/c13-7-8-4-5-11(12(14,15)16)10(6-8)9-2-1-3-9/h4-6,9H,1-3,7H2. The summed E-state index contributed by atoms with van der Waals surface area (Å²) in [5.74, 6) is 0.331. The van der Waals surface area contributed by atoms with Crippen molar-refractivity contribution in [3.8, 4) is 0 Å². The summed E-state index contributed by atoms with van der Waals surface area (Å²) in [6.07, 6.45) is -1.52. The summed E-state index contributed by atoms with van der Waals surface area (Å²) in [4.78, 5) is 0. The summed E-state index contributed by atoms with van der Waals surface area (Å²) in [6.45, 7) is 0. The van der Waals surface area contributed by atoms with Crippen molar-refractivity contribution >= 4 is 11.6 Å². The van der Waals surface area contributed by atoms with Crippen LogP contribution in [0.3, 0.4) is 0 Å². The molecule has 1 aliphatic carbocycles. The molecule has 0 radical (unpaired) electrons. The maximum atomic E-state index is 12.8. The maximum Gasteiger partial charge on any atom is 0.416 e. The van der Waals surface area contributed by atoms with Gasteiger partial charge >= 0.3 is 6.18 Å². The Morgan fingerprint density at radius 1 is 1.25 bits per heavy atom. The summed E-state index contributed by atoms with van der Waals surface area (Å²) < 4.78 is 38.3. The lowest BCUT2D eigenvalue weighted by molar-refractivity contribution is -0.138. The van der Waals surface area contributed by atoms with Crippen LogP contribution in [0.2, 0.25) is 0 Å². The van der Waals surface area contributed by atoms with Gasteiger partial charge < -0.3 is 0 Å². The number of alkyl halides is 4. The Labute approximate surface area is 97.4 Å². The van der Waals surface area contributed by atoms with E-state index in [9.17, 15) is 13.2 Å². The third-order valence-corrected chi connectivity index (χ3v) is 3.43. The van der Waals surface area contributed by atoms with Crippen LogP contribution in [0.15, 0.2) is 18.2 Å². The zero-order valence-corrected chi connectivity index (χ0v) is 9.41. The minimum absolute atomic E-state index is 0.0693. The fourth-order valence-corrected chi connectivity index (χ4v) is 2.18. The molecular formula is C12H12ClF3. The molecule has 0 atom stereocenters. The van der Waals surface area contributed by atoms with Crippen LogP contribution in [0.4, 0.5) is 13.2 Å². The lowest BCUT2D eigenvalue weighted by Crippen LogP contribution is -2.16. The van der Waals surface area contributed by atoms with E-state index in [0.717, 1.165) is 30.9 Å². The van der Waals surface area contributed by atoms with Crippen LogP contribution >= 0.6 is 11.6 Å². The Morgan fingerprint density at radius 3 is 2.38 bits per heavy atom. The van der Waals surface area contributed by atoms with E-state index in [4.69, 9.17) is 11.6 Å². The Balaban J connectivity index is 2.42. The number of hydrogen-bond acceptors (Lipinski definition) is 0. The zero-order valence-electron chi connectivity index (χ0n) is 8.65. The highest BCUT2D eigenvalue weighted by atomic mass is 35.5. The third-order valence-electron chi connectivity index (χ3n) is 3.12. The Kier molecular flexibility index (Phi) is 3.15. The minimum Gasteiger partial charge on any atom is -0.166 e.